The van der Waals surface area contributed by atoms with E-state index in [9.17, 15) is 4.39 Å². The number of hydrogen-bond acceptors (Lipinski definition) is 2. The molecule has 1 aliphatic rings. The van der Waals surface area contributed by atoms with Crippen molar-refractivity contribution < 1.29 is 16.8 Å². The van der Waals surface area contributed by atoms with Gasteiger partial charge in [0.05, 0.1) is 0 Å². The molecule has 0 amide bonds. The minimum atomic E-state index is -0.198. The van der Waals surface area contributed by atoms with E-state index in [2.05, 4.69) is 25.1 Å². The smallest absolute Gasteiger partial charge is 0.124 e. The van der Waals surface area contributed by atoms with Gasteiger partial charge in [-0.1, -0.05) is 35.5 Å². The van der Waals surface area contributed by atoms with Crippen molar-refractivity contribution in [2.75, 3.05) is 20.6 Å². The van der Waals surface area contributed by atoms with E-state index in [0.29, 0.717) is 0 Å². The van der Waals surface area contributed by atoms with Crippen LogP contribution in [0.15, 0.2) is 52.3 Å². The van der Waals surface area contributed by atoms with E-state index in [4.69, 9.17) is 11.6 Å². The van der Waals surface area contributed by atoms with Gasteiger partial charge in [-0.25, -0.2) is 4.39 Å². The Kier molecular flexibility index (Phi) is 6.15. The highest BCUT2D eigenvalue weighted by atomic mass is 35.5. The van der Waals surface area contributed by atoms with Crippen molar-refractivity contribution in [2.45, 2.75) is 16.2 Å². The molecule has 1 heterocycles. The number of fused-ring (bicyclic) bond motifs is 2. The lowest BCUT2D eigenvalue weighted by atomic mass is 9.96. The summed E-state index contributed by atoms with van der Waals surface area (Å²) in [6.45, 7) is 0.975. The third-order valence-corrected chi connectivity index (χ3v) is 4.98. The molecule has 0 saturated carbocycles. The van der Waals surface area contributed by atoms with Gasteiger partial charge in [-0.2, -0.15) is 0 Å². The maximum atomic E-state index is 13.6. The van der Waals surface area contributed by atoms with Gasteiger partial charge in [-0.3, -0.25) is 0 Å². The second kappa shape index (κ2) is 7.71. The molecule has 0 radical (unpaired) electrons. The molecule has 0 atom stereocenters. The van der Waals surface area contributed by atoms with E-state index in [-0.39, 0.29) is 18.2 Å². The molecule has 0 spiro atoms. The Morgan fingerprint density at radius 2 is 1.87 bits per heavy atom. The summed E-state index contributed by atoms with van der Waals surface area (Å²) in [7, 11) is 4.12. The fraction of sp³-hybridized carbons (Fsp3) is 0.222. The van der Waals surface area contributed by atoms with Gasteiger partial charge in [0.2, 0.25) is 0 Å². The topological polar surface area (TPSA) is 3.24 Å². The van der Waals surface area contributed by atoms with Crippen LogP contribution in [0, 0.1) is 5.82 Å². The summed E-state index contributed by atoms with van der Waals surface area (Å²) in [5.41, 5.74) is 3.36. The molecule has 0 N–H and O–H groups in total. The molecule has 0 aliphatic carbocycles. The predicted molar refractivity (Wildman–Crippen MR) is 92.2 cm³/mol. The van der Waals surface area contributed by atoms with Crippen LogP contribution in [0.1, 0.15) is 17.5 Å². The first kappa shape index (κ1) is 18.3. The molecule has 2 aromatic carbocycles. The zero-order valence-electron chi connectivity index (χ0n) is 12.9. The molecule has 5 heteroatoms. The normalized spacial score (nSPS) is 14.4. The molecule has 1 nitrogen and oxygen atoms in total. The van der Waals surface area contributed by atoms with Gasteiger partial charge in [-0.15, -0.1) is 0 Å². The first-order valence-corrected chi connectivity index (χ1v) is 8.36. The van der Waals surface area contributed by atoms with Gasteiger partial charge in [0.15, 0.2) is 0 Å². The van der Waals surface area contributed by atoms with Gasteiger partial charge in [0.1, 0.15) is 5.82 Å². The van der Waals surface area contributed by atoms with Crippen LogP contribution in [0.25, 0.3) is 5.57 Å². The van der Waals surface area contributed by atoms with Gasteiger partial charge < -0.3 is 17.3 Å². The van der Waals surface area contributed by atoms with Crippen molar-refractivity contribution in [3.05, 3.63) is 64.4 Å². The zero-order chi connectivity index (χ0) is 15.7. The highest BCUT2D eigenvalue weighted by Crippen LogP contribution is 2.46. The summed E-state index contributed by atoms with van der Waals surface area (Å²) < 4.78 is 13.6. The van der Waals surface area contributed by atoms with Gasteiger partial charge in [0.25, 0.3) is 0 Å². The molecule has 0 bridgehead atoms. The molecule has 3 rings (SSSR count). The molecule has 0 fully saturated rings. The highest BCUT2D eigenvalue weighted by molar-refractivity contribution is 7.99. The summed E-state index contributed by atoms with van der Waals surface area (Å²) in [5.74, 6) is -0.198. The molecular formula is C18H17Cl2FNS-. The van der Waals surface area contributed by atoms with Crippen LogP contribution >= 0.6 is 23.4 Å². The third kappa shape index (κ3) is 4.10. The lowest BCUT2D eigenvalue weighted by Crippen LogP contribution is -3.00. The Balaban J connectivity index is 0.00000192. The number of nitrogens with zero attached hydrogens (tertiary/aromatic N) is 1. The van der Waals surface area contributed by atoms with Crippen molar-refractivity contribution >= 4 is 28.9 Å². The van der Waals surface area contributed by atoms with Crippen LogP contribution in [0.5, 0.6) is 0 Å². The summed E-state index contributed by atoms with van der Waals surface area (Å²) >= 11 is 7.77. The van der Waals surface area contributed by atoms with E-state index in [1.807, 2.05) is 24.3 Å². The van der Waals surface area contributed by atoms with Crippen molar-refractivity contribution in [1.82, 2.24) is 4.90 Å². The Morgan fingerprint density at radius 1 is 1.09 bits per heavy atom. The molecule has 1 aliphatic heterocycles. The fourth-order valence-corrected chi connectivity index (χ4v) is 3.84. The van der Waals surface area contributed by atoms with Gasteiger partial charge in [0, 0.05) is 21.4 Å². The summed E-state index contributed by atoms with van der Waals surface area (Å²) in [4.78, 5) is 4.24. The Hall–Kier alpha value is -1.000. The van der Waals surface area contributed by atoms with E-state index in [1.54, 1.807) is 17.8 Å². The van der Waals surface area contributed by atoms with E-state index in [1.165, 1.54) is 6.07 Å². The fourth-order valence-electron chi connectivity index (χ4n) is 2.56. The molecule has 122 valence electrons. The molecule has 2 aromatic rings. The van der Waals surface area contributed by atoms with Crippen LogP contribution < -0.4 is 12.4 Å². The maximum Gasteiger partial charge on any atom is 0.124 e. The minimum absolute atomic E-state index is 0. The van der Waals surface area contributed by atoms with Crippen LogP contribution in [0.3, 0.4) is 0 Å². The molecular weight excluding hydrogens is 352 g/mol. The second-order valence-corrected chi connectivity index (χ2v) is 7.11. The maximum absolute atomic E-state index is 13.6. The number of hydrogen-bond donors (Lipinski definition) is 0. The average molecular weight is 369 g/mol. The Morgan fingerprint density at radius 3 is 2.61 bits per heavy atom. The van der Waals surface area contributed by atoms with E-state index >= 15 is 0 Å². The SMILES string of the molecule is CN(C)CC/C=C1/c2ccc(F)cc2Sc2ccc(Cl)cc21.[Cl-]. The van der Waals surface area contributed by atoms with Gasteiger partial charge in [-0.05, 0) is 67.5 Å². The first-order valence-electron chi connectivity index (χ1n) is 7.17. The van der Waals surface area contributed by atoms with Crippen LogP contribution in [0.2, 0.25) is 5.02 Å². The van der Waals surface area contributed by atoms with Gasteiger partial charge >= 0.3 is 0 Å². The first-order chi connectivity index (χ1) is 10.5. The number of benzene rings is 2. The molecule has 0 aromatic heterocycles. The zero-order valence-corrected chi connectivity index (χ0v) is 15.3. The Bertz CT molecular complexity index is 744. The van der Waals surface area contributed by atoms with E-state index in [0.717, 1.165) is 44.5 Å². The van der Waals surface area contributed by atoms with Crippen LogP contribution in [-0.2, 0) is 0 Å². The predicted octanol–water partition coefficient (Wildman–Crippen LogP) is 2.33. The molecule has 0 saturated heterocycles. The Labute approximate surface area is 151 Å². The quantitative estimate of drug-likeness (QED) is 0.697. The lowest BCUT2D eigenvalue weighted by molar-refractivity contribution is -0.00000493. The monoisotopic (exact) mass is 368 g/mol. The standard InChI is InChI=1S/C18H17ClFNS.ClH/c1-21(2)9-3-4-14-15-7-6-13(20)11-18(15)22-17-8-5-12(19)10-16(14)17;/h4-8,10-11H,3,9H2,1-2H3;1H/p-1/b14-4-;. The van der Waals surface area contributed by atoms with Crippen LogP contribution in [0.4, 0.5) is 4.39 Å². The molecule has 23 heavy (non-hydrogen) atoms. The third-order valence-electron chi connectivity index (χ3n) is 3.61. The largest absolute Gasteiger partial charge is 1.00 e. The molecule has 0 unspecified atom stereocenters. The highest BCUT2D eigenvalue weighted by Gasteiger charge is 2.21. The summed E-state index contributed by atoms with van der Waals surface area (Å²) in [6.07, 6.45) is 3.17. The van der Waals surface area contributed by atoms with Crippen molar-refractivity contribution in [3.8, 4) is 0 Å². The van der Waals surface area contributed by atoms with Crippen molar-refractivity contribution in [1.29, 1.82) is 0 Å². The number of halogens is 3. The van der Waals surface area contributed by atoms with E-state index < -0.39 is 0 Å². The lowest BCUT2D eigenvalue weighted by Gasteiger charge is -2.22. The summed E-state index contributed by atoms with van der Waals surface area (Å²) in [6, 6.07) is 10.9. The number of rotatable bonds is 3. The second-order valence-electron chi connectivity index (χ2n) is 5.59. The van der Waals surface area contributed by atoms with Crippen molar-refractivity contribution in [3.63, 3.8) is 0 Å². The van der Waals surface area contributed by atoms with Crippen LogP contribution in [-0.4, -0.2) is 25.5 Å². The minimum Gasteiger partial charge on any atom is -1.00 e. The average Bonchev–Trinajstić information content (AvgIpc) is 2.46. The van der Waals surface area contributed by atoms with Crippen molar-refractivity contribution in [2.24, 2.45) is 0 Å². The summed E-state index contributed by atoms with van der Waals surface area (Å²) in [5, 5.41) is 0.725.